The van der Waals surface area contributed by atoms with Crippen molar-refractivity contribution in [3.05, 3.63) is 99.2 Å². The molecule has 0 aromatic heterocycles. The number of aliphatic imine (C=N–C) groups is 1. The van der Waals surface area contributed by atoms with Crippen molar-refractivity contribution >= 4 is 29.4 Å². The second-order valence-electron chi connectivity index (χ2n) is 7.47. The number of carbonyl (C=O) groups excluding carboxylic acids is 2. The van der Waals surface area contributed by atoms with Gasteiger partial charge in [-0.25, -0.2) is 9.79 Å². The number of nitro benzene ring substituents is 1. The van der Waals surface area contributed by atoms with Crippen LogP contribution < -0.4 is 14.2 Å². The zero-order chi connectivity index (χ0) is 25.7. The number of nitro groups is 1. The molecule has 0 bridgehead atoms. The van der Waals surface area contributed by atoms with Crippen molar-refractivity contribution in [2.75, 3.05) is 20.8 Å². The van der Waals surface area contributed by atoms with Crippen LogP contribution in [0.1, 0.15) is 21.5 Å². The molecule has 0 fully saturated rings. The number of cyclic esters (lactones) is 1. The molecule has 3 aromatic carbocycles. The molecule has 10 nitrogen and oxygen atoms in total. The summed E-state index contributed by atoms with van der Waals surface area (Å²) in [5, 5.41) is 11.3. The van der Waals surface area contributed by atoms with E-state index in [2.05, 4.69) is 4.99 Å². The Kier molecular flexibility index (Phi) is 7.05. The molecule has 1 aliphatic rings. The predicted molar refractivity (Wildman–Crippen MR) is 130 cm³/mol. The first-order valence-corrected chi connectivity index (χ1v) is 10.6. The van der Waals surface area contributed by atoms with Gasteiger partial charge in [0.25, 0.3) is 0 Å². The zero-order valence-corrected chi connectivity index (χ0v) is 19.3. The Morgan fingerprint density at radius 1 is 1.00 bits per heavy atom. The van der Waals surface area contributed by atoms with Gasteiger partial charge in [-0.2, -0.15) is 0 Å². The lowest BCUT2D eigenvalue weighted by atomic mass is 10.1. The van der Waals surface area contributed by atoms with Crippen molar-refractivity contribution < 1.29 is 33.5 Å². The van der Waals surface area contributed by atoms with E-state index in [1.807, 2.05) is 6.07 Å². The molecule has 1 aliphatic heterocycles. The molecule has 3 aromatic rings. The van der Waals surface area contributed by atoms with Crippen LogP contribution in [-0.2, 0) is 9.53 Å². The van der Waals surface area contributed by atoms with Crippen molar-refractivity contribution in [2.24, 2.45) is 4.99 Å². The minimum atomic E-state index is -0.712. The van der Waals surface area contributed by atoms with E-state index in [1.165, 1.54) is 38.5 Å². The maximum absolute atomic E-state index is 12.4. The molecule has 0 aliphatic carbocycles. The molecule has 4 rings (SSSR count). The van der Waals surface area contributed by atoms with Gasteiger partial charge in [-0.3, -0.25) is 14.9 Å². The topological polar surface area (TPSA) is 127 Å². The van der Waals surface area contributed by atoms with Gasteiger partial charge in [0.05, 0.1) is 19.1 Å². The summed E-state index contributed by atoms with van der Waals surface area (Å²) in [5.74, 6) is -0.179. The van der Waals surface area contributed by atoms with Crippen LogP contribution in [0.2, 0.25) is 0 Å². The summed E-state index contributed by atoms with van der Waals surface area (Å²) in [6, 6.07) is 17.8. The molecule has 0 radical (unpaired) electrons. The van der Waals surface area contributed by atoms with E-state index in [-0.39, 0.29) is 41.0 Å². The number of hydrogen-bond acceptors (Lipinski definition) is 9. The van der Waals surface area contributed by atoms with Crippen LogP contribution in [0.4, 0.5) is 5.69 Å². The van der Waals surface area contributed by atoms with Crippen LogP contribution in [0.5, 0.6) is 17.2 Å². The smallest absolute Gasteiger partial charge is 0.363 e. The van der Waals surface area contributed by atoms with Crippen molar-refractivity contribution in [2.45, 2.75) is 0 Å². The van der Waals surface area contributed by atoms with E-state index in [4.69, 9.17) is 18.9 Å². The Morgan fingerprint density at radius 3 is 2.42 bits per heavy atom. The number of esters is 1. The summed E-state index contributed by atoms with van der Waals surface area (Å²) in [7, 11) is 2.77. The Hall–Kier alpha value is -4.99. The van der Waals surface area contributed by atoms with Crippen molar-refractivity contribution in [3.63, 3.8) is 0 Å². The van der Waals surface area contributed by atoms with E-state index in [9.17, 15) is 19.7 Å². The van der Waals surface area contributed by atoms with Gasteiger partial charge in [-0.15, -0.1) is 0 Å². The van der Waals surface area contributed by atoms with Gasteiger partial charge in [0.2, 0.25) is 5.90 Å². The summed E-state index contributed by atoms with van der Waals surface area (Å²) >= 11 is 0. The van der Waals surface area contributed by atoms with Gasteiger partial charge in [0, 0.05) is 17.2 Å². The Labute approximate surface area is 205 Å². The lowest BCUT2D eigenvalue weighted by molar-refractivity contribution is -0.385. The molecular formula is C26H20N2O8. The van der Waals surface area contributed by atoms with Crippen LogP contribution in [0.3, 0.4) is 0 Å². The monoisotopic (exact) mass is 488 g/mol. The Morgan fingerprint density at radius 2 is 1.72 bits per heavy atom. The number of ether oxygens (including phenoxy) is 4. The number of carbonyl (C=O) groups is 2. The molecule has 36 heavy (non-hydrogen) atoms. The third-order valence-corrected chi connectivity index (χ3v) is 5.19. The first kappa shape index (κ1) is 24.1. The molecule has 0 spiro atoms. The van der Waals surface area contributed by atoms with Crippen molar-refractivity contribution in [1.29, 1.82) is 0 Å². The predicted octanol–water partition coefficient (Wildman–Crippen LogP) is 4.22. The highest BCUT2D eigenvalue weighted by Gasteiger charge is 2.27. The molecule has 0 saturated heterocycles. The fourth-order valence-electron chi connectivity index (χ4n) is 3.40. The van der Waals surface area contributed by atoms with E-state index in [0.29, 0.717) is 22.6 Å². The average Bonchev–Trinajstić information content (AvgIpc) is 3.27. The van der Waals surface area contributed by atoms with Gasteiger partial charge < -0.3 is 18.9 Å². The van der Waals surface area contributed by atoms with E-state index in [1.54, 1.807) is 42.5 Å². The number of benzene rings is 3. The molecule has 182 valence electrons. The Bertz CT molecular complexity index is 1400. The van der Waals surface area contributed by atoms with E-state index < -0.39 is 10.9 Å². The van der Waals surface area contributed by atoms with Crippen molar-refractivity contribution in [1.82, 2.24) is 0 Å². The molecule has 1 heterocycles. The van der Waals surface area contributed by atoms with E-state index >= 15 is 0 Å². The quantitative estimate of drug-likeness (QED) is 0.144. The lowest BCUT2D eigenvalue weighted by Crippen LogP contribution is -2.11. The highest BCUT2D eigenvalue weighted by atomic mass is 16.6. The number of nitrogens with zero attached hydrogens (tertiary/aromatic N) is 2. The standard InChI is InChI=1S/C26H20N2O8/c1-33-22-11-9-18(14-20(22)28(31)32)25-27-19(26(30)36-25)12-16-8-10-23(24(13-16)34-2)35-15-21(29)17-6-4-3-5-7-17/h3-14H,15H2,1-2H3/b19-12-. The summed E-state index contributed by atoms with van der Waals surface area (Å²) in [6.07, 6.45) is 1.48. The maximum atomic E-state index is 12.4. The SMILES string of the molecule is COc1cc(/C=C2\N=C(c3ccc(OC)c([N+](=O)[O-])c3)OC2=O)ccc1OCC(=O)c1ccccc1. The molecule has 0 amide bonds. The molecule has 10 heteroatoms. The van der Waals surface area contributed by atoms with Gasteiger partial charge in [-0.05, 0) is 35.9 Å². The summed E-state index contributed by atoms with van der Waals surface area (Å²) < 4.78 is 21.2. The second-order valence-corrected chi connectivity index (χ2v) is 7.47. The third-order valence-electron chi connectivity index (χ3n) is 5.19. The largest absolute Gasteiger partial charge is 0.493 e. The first-order chi connectivity index (χ1) is 17.4. The van der Waals surface area contributed by atoms with Gasteiger partial charge >= 0.3 is 11.7 Å². The fourth-order valence-corrected chi connectivity index (χ4v) is 3.40. The number of Topliss-reactive ketones (excluding diaryl/α,β-unsaturated/α-hetero) is 1. The second kappa shape index (κ2) is 10.5. The van der Waals surface area contributed by atoms with Crippen LogP contribution in [0.15, 0.2) is 77.4 Å². The molecule has 0 saturated carbocycles. The van der Waals surface area contributed by atoms with Crippen LogP contribution in [-0.4, -0.2) is 43.4 Å². The van der Waals surface area contributed by atoms with E-state index in [0.717, 1.165) is 0 Å². The summed E-state index contributed by atoms with van der Waals surface area (Å²) in [5.41, 5.74) is 1.07. The highest BCUT2D eigenvalue weighted by Crippen LogP contribution is 2.31. The summed E-state index contributed by atoms with van der Waals surface area (Å²) in [6.45, 7) is -0.172. The fraction of sp³-hybridized carbons (Fsp3) is 0.115. The minimum absolute atomic E-state index is 0.00144. The minimum Gasteiger partial charge on any atom is -0.493 e. The van der Waals surface area contributed by atoms with Gasteiger partial charge in [0.1, 0.15) is 0 Å². The van der Waals surface area contributed by atoms with Crippen LogP contribution in [0, 0.1) is 10.1 Å². The number of methoxy groups -OCH3 is 2. The molecular weight excluding hydrogens is 468 g/mol. The third kappa shape index (κ3) is 5.22. The Balaban J connectivity index is 1.54. The summed E-state index contributed by atoms with van der Waals surface area (Å²) in [4.78, 5) is 39.6. The normalized spacial score (nSPS) is 13.7. The molecule has 0 atom stereocenters. The average molecular weight is 488 g/mol. The van der Waals surface area contributed by atoms with Crippen LogP contribution in [0.25, 0.3) is 6.08 Å². The number of rotatable bonds is 9. The zero-order valence-electron chi connectivity index (χ0n) is 19.3. The maximum Gasteiger partial charge on any atom is 0.363 e. The molecule has 0 unspecified atom stereocenters. The highest BCUT2D eigenvalue weighted by molar-refractivity contribution is 6.13. The van der Waals surface area contributed by atoms with Crippen LogP contribution >= 0.6 is 0 Å². The number of hydrogen-bond donors (Lipinski definition) is 0. The lowest BCUT2D eigenvalue weighted by Gasteiger charge is -2.11. The van der Waals surface area contributed by atoms with Gasteiger partial charge in [0.15, 0.2) is 35.3 Å². The van der Waals surface area contributed by atoms with Gasteiger partial charge in [-0.1, -0.05) is 36.4 Å². The first-order valence-electron chi connectivity index (χ1n) is 10.6. The van der Waals surface area contributed by atoms with Crippen molar-refractivity contribution in [3.8, 4) is 17.2 Å². The number of ketones is 1. The molecule has 0 N–H and O–H groups in total.